The minimum atomic E-state index is 0.0275. The topological polar surface area (TPSA) is 72.0 Å². The number of carbonyl (C=O) groups excluding carboxylic acids is 2. The average Bonchev–Trinajstić information content (AvgIpc) is 2.91. The van der Waals surface area contributed by atoms with Gasteiger partial charge in [0.25, 0.3) is 0 Å². The molecule has 1 N–H and O–H groups in total. The van der Waals surface area contributed by atoms with Crippen molar-refractivity contribution in [1.29, 1.82) is 0 Å². The number of ketones is 1. The van der Waals surface area contributed by atoms with Crippen molar-refractivity contribution in [3.63, 3.8) is 0 Å². The predicted molar refractivity (Wildman–Crippen MR) is 92.1 cm³/mol. The highest BCUT2D eigenvalue weighted by molar-refractivity contribution is 8.01. The van der Waals surface area contributed by atoms with Crippen molar-refractivity contribution < 1.29 is 9.59 Å². The summed E-state index contributed by atoms with van der Waals surface area (Å²) in [6.07, 6.45) is 3.03. The minimum absolute atomic E-state index is 0.0275. The fraction of sp³-hybridized carbons (Fsp3) is 0.375. The number of Topliss-reactive ketones (excluding diaryl/α,β-unsaturated/α-hetero) is 1. The van der Waals surface area contributed by atoms with Gasteiger partial charge in [-0.05, 0) is 19.8 Å². The first-order valence-corrected chi connectivity index (χ1v) is 9.29. The summed E-state index contributed by atoms with van der Waals surface area (Å²) in [5.74, 6) is 0.525. The maximum Gasteiger partial charge on any atom is 0.229 e. The Morgan fingerprint density at radius 1 is 1.26 bits per heavy atom. The third-order valence-electron chi connectivity index (χ3n) is 3.81. The molecular formula is C16H17N3O2S2. The molecule has 120 valence electrons. The molecule has 1 aromatic carbocycles. The number of carbonyl (C=O) groups is 2. The summed E-state index contributed by atoms with van der Waals surface area (Å²) < 4.78 is 0.689. The van der Waals surface area contributed by atoms with Crippen LogP contribution in [0.15, 0.2) is 28.6 Å². The molecule has 0 unspecified atom stereocenters. The zero-order valence-corrected chi connectivity index (χ0v) is 14.4. The van der Waals surface area contributed by atoms with Crippen LogP contribution in [-0.4, -0.2) is 27.6 Å². The third kappa shape index (κ3) is 4.17. The highest BCUT2D eigenvalue weighted by Gasteiger charge is 2.26. The molecule has 0 bridgehead atoms. The number of thioether (sulfide) groups is 1. The zero-order valence-electron chi connectivity index (χ0n) is 12.7. The number of hydrogen-bond donors (Lipinski definition) is 1. The molecule has 23 heavy (non-hydrogen) atoms. The largest absolute Gasteiger partial charge is 0.300 e. The molecule has 1 aromatic heterocycles. The van der Waals surface area contributed by atoms with Crippen LogP contribution < -0.4 is 5.32 Å². The lowest BCUT2D eigenvalue weighted by molar-refractivity contribution is -0.122. The Morgan fingerprint density at radius 2 is 2.00 bits per heavy atom. The van der Waals surface area contributed by atoms with Gasteiger partial charge in [0.15, 0.2) is 10.1 Å². The van der Waals surface area contributed by atoms with Crippen molar-refractivity contribution in [3.8, 4) is 0 Å². The number of rotatable bonds is 6. The zero-order chi connectivity index (χ0) is 16.2. The van der Waals surface area contributed by atoms with E-state index in [0.717, 1.165) is 24.8 Å². The van der Waals surface area contributed by atoms with Crippen molar-refractivity contribution in [2.45, 2.75) is 30.5 Å². The Labute approximate surface area is 142 Å². The van der Waals surface area contributed by atoms with Gasteiger partial charge in [0, 0.05) is 11.5 Å². The summed E-state index contributed by atoms with van der Waals surface area (Å²) >= 11 is 2.66. The van der Waals surface area contributed by atoms with Crippen molar-refractivity contribution in [2.75, 3.05) is 11.1 Å². The Morgan fingerprint density at radius 3 is 2.65 bits per heavy atom. The number of aryl methyl sites for hydroxylation is 1. The van der Waals surface area contributed by atoms with Crippen LogP contribution in [-0.2, 0) is 4.79 Å². The molecule has 1 aliphatic carbocycles. The van der Waals surface area contributed by atoms with Crippen LogP contribution in [0.4, 0.5) is 5.13 Å². The number of anilines is 1. The molecule has 7 heteroatoms. The Hall–Kier alpha value is -1.73. The van der Waals surface area contributed by atoms with Crippen molar-refractivity contribution >= 4 is 39.9 Å². The minimum Gasteiger partial charge on any atom is -0.300 e. The molecule has 5 nitrogen and oxygen atoms in total. The van der Waals surface area contributed by atoms with Gasteiger partial charge in [-0.2, -0.15) is 0 Å². The van der Waals surface area contributed by atoms with E-state index in [2.05, 4.69) is 15.5 Å². The summed E-state index contributed by atoms with van der Waals surface area (Å²) in [5.41, 5.74) is 1.83. The molecule has 0 atom stereocenters. The first-order valence-electron chi connectivity index (χ1n) is 7.49. The predicted octanol–water partition coefficient (Wildman–Crippen LogP) is 3.56. The van der Waals surface area contributed by atoms with E-state index in [4.69, 9.17) is 0 Å². The summed E-state index contributed by atoms with van der Waals surface area (Å²) in [6.45, 7) is 1.99. The standard InChI is InChI=1S/C16H17N3O2S2/c1-10-5-7-11(8-6-10)13(20)9-22-16-19-18-15(23-16)17-14(21)12-3-2-4-12/h5-8,12H,2-4,9H2,1H3,(H,17,18,21). The van der Waals surface area contributed by atoms with Crippen LogP contribution in [0.2, 0.25) is 0 Å². The lowest BCUT2D eigenvalue weighted by atomic mass is 9.85. The Kier molecular flexibility index (Phi) is 5.07. The molecule has 0 saturated heterocycles. The molecule has 3 rings (SSSR count). The van der Waals surface area contributed by atoms with Gasteiger partial charge >= 0.3 is 0 Å². The molecule has 0 aliphatic heterocycles. The number of benzene rings is 1. The normalized spacial score (nSPS) is 14.3. The lowest BCUT2D eigenvalue weighted by Crippen LogP contribution is -2.27. The van der Waals surface area contributed by atoms with Crippen LogP contribution in [0.5, 0.6) is 0 Å². The van der Waals surface area contributed by atoms with Crippen LogP contribution in [0.3, 0.4) is 0 Å². The maximum absolute atomic E-state index is 12.1. The highest BCUT2D eigenvalue weighted by Crippen LogP contribution is 2.30. The van der Waals surface area contributed by atoms with Gasteiger partial charge < -0.3 is 5.32 Å². The average molecular weight is 347 g/mol. The highest BCUT2D eigenvalue weighted by atomic mass is 32.2. The van der Waals surface area contributed by atoms with E-state index in [9.17, 15) is 9.59 Å². The van der Waals surface area contributed by atoms with Gasteiger partial charge in [-0.15, -0.1) is 10.2 Å². The maximum atomic E-state index is 12.1. The van der Waals surface area contributed by atoms with E-state index in [0.29, 0.717) is 20.8 Å². The van der Waals surface area contributed by atoms with E-state index in [-0.39, 0.29) is 17.6 Å². The van der Waals surface area contributed by atoms with Gasteiger partial charge in [0.2, 0.25) is 11.0 Å². The van der Waals surface area contributed by atoms with Crippen molar-refractivity contribution in [1.82, 2.24) is 10.2 Å². The molecule has 1 amide bonds. The van der Waals surface area contributed by atoms with Gasteiger partial charge in [-0.3, -0.25) is 9.59 Å². The summed E-state index contributed by atoms with van der Waals surface area (Å²) in [6, 6.07) is 7.53. The van der Waals surface area contributed by atoms with Crippen LogP contribution in [0.25, 0.3) is 0 Å². The lowest BCUT2D eigenvalue weighted by Gasteiger charge is -2.23. The molecule has 0 spiro atoms. The van der Waals surface area contributed by atoms with E-state index < -0.39 is 0 Å². The first-order chi connectivity index (χ1) is 11.1. The van der Waals surface area contributed by atoms with E-state index in [1.54, 1.807) is 0 Å². The molecule has 1 fully saturated rings. The second-order valence-corrected chi connectivity index (χ2v) is 7.77. The number of nitrogens with zero attached hydrogens (tertiary/aromatic N) is 2. The molecule has 2 aromatic rings. The molecule has 1 heterocycles. The van der Waals surface area contributed by atoms with Gasteiger partial charge in [-0.25, -0.2) is 0 Å². The number of nitrogens with one attached hydrogen (secondary N) is 1. The summed E-state index contributed by atoms with van der Waals surface area (Å²) in [5, 5.41) is 11.3. The number of hydrogen-bond acceptors (Lipinski definition) is 6. The van der Waals surface area contributed by atoms with Crippen molar-refractivity contribution in [3.05, 3.63) is 35.4 Å². The van der Waals surface area contributed by atoms with E-state index in [1.165, 1.54) is 23.1 Å². The van der Waals surface area contributed by atoms with E-state index >= 15 is 0 Å². The second kappa shape index (κ2) is 7.23. The van der Waals surface area contributed by atoms with E-state index in [1.807, 2.05) is 31.2 Å². The summed E-state index contributed by atoms with van der Waals surface area (Å²) in [4.78, 5) is 24.0. The monoisotopic (exact) mass is 347 g/mol. The Balaban J connectivity index is 1.51. The quantitative estimate of drug-likeness (QED) is 0.491. The van der Waals surface area contributed by atoms with Gasteiger partial charge in [0.05, 0.1) is 5.75 Å². The molecular weight excluding hydrogens is 330 g/mol. The summed E-state index contributed by atoms with van der Waals surface area (Å²) in [7, 11) is 0. The van der Waals surface area contributed by atoms with Gasteiger partial charge in [-0.1, -0.05) is 59.3 Å². The SMILES string of the molecule is Cc1ccc(C(=O)CSc2nnc(NC(=O)C3CCC3)s2)cc1. The number of aromatic nitrogens is 2. The molecule has 0 radical (unpaired) electrons. The van der Waals surface area contributed by atoms with Crippen LogP contribution >= 0.6 is 23.1 Å². The molecule has 1 aliphatic rings. The fourth-order valence-corrected chi connectivity index (χ4v) is 3.80. The van der Waals surface area contributed by atoms with Crippen molar-refractivity contribution in [2.24, 2.45) is 5.92 Å². The number of amides is 1. The van der Waals surface area contributed by atoms with Gasteiger partial charge in [0.1, 0.15) is 0 Å². The van der Waals surface area contributed by atoms with Crippen LogP contribution in [0.1, 0.15) is 35.2 Å². The fourth-order valence-electron chi connectivity index (χ4n) is 2.15. The van der Waals surface area contributed by atoms with Crippen LogP contribution in [0, 0.1) is 12.8 Å². The smallest absolute Gasteiger partial charge is 0.229 e. The third-order valence-corrected chi connectivity index (χ3v) is 5.78. The Bertz CT molecular complexity index is 708. The first kappa shape index (κ1) is 16.1. The molecule has 1 saturated carbocycles. The second-order valence-electron chi connectivity index (χ2n) is 5.57.